The molecule has 6 rings (SSSR count). The molecule has 5 heteroatoms. The monoisotopic (exact) mass is 568 g/mol. The third-order valence-corrected chi connectivity index (χ3v) is 10.5. The van der Waals surface area contributed by atoms with Crippen molar-refractivity contribution >= 4 is 22.5 Å². The molecule has 3 atom stereocenters. The van der Waals surface area contributed by atoms with Crippen LogP contribution in [0.2, 0.25) is 0 Å². The standard InChI is InChI=1S/C37H48N2O3/c1-4-26-19-28(14-16-36(26)42-18-7-9-25(2)27-10-5-6-11-27)29-13-15-34-32(20-29)33-21-31(30-12-8-17-41-24-30)22-37(40)39(3)35(33)23-38-34/h13-16,19-20,23,25,27,30-31H,4-12,17-18,21-22,24H2,1-3H3. The molecular weight excluding hydrogens is 520 g/mol. The minimum absolute atomic E-state index is 0.179. The minimum atomic E-state index is 0.179. The summed E-state index contributed by atoms with van der Waals surface area (Å²) in [5, 5.41) is 1.16. The van der Waals surface area contributed by atoms with E-state index in [1.165, 1.54) is 54.4 Å². The lowest BCUT2D eigenvalue weighted by atomic mass is 9.81. The van der Waals surface area contributed by atoms with E-state index in [2.05, 4.69) is 50.2 Å². The molecule has 3 aliphatic rings. The number of nitrogens with zero attached hydrogens (tertiary/aromatic N) is 2. The summed E-state index contributed by atoms with van der Waals surface area (Å²) in [5.41, 5.74) is 6.81. The van der Waals surface area contributed by atoms with Crippen LogP contribution in [0.1, 0.15) is 82.8 Å². The zero-order chi connectivity index (χ0) is 29.1. The lowest BCUT2D eigenvalue weighted by Gasteiger charge is -2.29. The summed E-state index contributed by atoms with van der Waals surface area (Å²) in [6.45, 7) is 7.03. The Kier molecular flexibility index (Phi) is 9.14. The van der Waals surface area contributed by atoms with Crippen molar-refractivity contribution in [3.63, 3.8) is 0 Å². The van der Waals surface area contributed by atoms with Crippen LogP contribution in [-0.2, 0) is 22.4 Å². The molecule has 42 heavy (non-hydrogen) atoms. The smallest absolute Gasteiger partial charge is 0.227 e. The van der Waals surface area contributed by atoms with E-state index in [1.54, 1.807) is 0 Å². The van der Waals surface area contributed by atoms with Crippen molar-refractivity contribution in [2.75, 3.05) is 31.8 Å². The number of aryl methyl sites for hydroxylation is 1. The van der Waals surface area contributed by atoms with Crippen LogP contribution in [0.5, 0.6) is 5.75 Å². The predicted molar refractivity (Wildman–Crippen MR) is 171 cm³/mol. The normalized spacial score (nSPS) is 22.3. The van der Waals surface area contributed by atoms with Crippen LogP contribution < -0.4 is 9.64 Å². The number of hydrogen-bond donors (Lipinski definition) is 0. The van der Waals surface area contributed by atoms with Crippen LogP contribution >= 0.6 is 0 Å². The number of fused-ring (bicyclic) bond motifs is 3. The van der Waals surface area contributed by atoms with E-state index in [9.17, 15) is 4.79 Å². The van der Waals surface area contributed by atoms with Gasteiger partial charge in [-0.25, -0.2) is 0 Å². The molecule has 0 bridgehead atoms. The van der Waals surface area contributed by atoms with Crippen molar-refractivity contribution < 1.29 is 14.3 Å². The fourth-order valence-corrected chi connectivity index (χ4v) is 7.75. The van der Waals surface area contributed by atoms with Crippen molar-refractivity contribution in [1.82, 2.24) is 4.98 Å². The Morgan fingerprint density at radius 3 is 2.62 bits per heavy atom. The maximum Gasteiger partial charge on any atom is 0.227 e. The Bertz CT molecular complexity index is 1390. The van der Waals surface area contributed by atoms with Gasteiger partial charge in [0.1, 0.15) is 5.75 Å². The summed E-state index contributed by atoms with van der Waals surface area (Å²) >= 11 is 0. The number of carbonyl (C=O) groups excluding carboxylic acids is 1. The number of pyridine rings is 1. The molecule has 1 aliphatic carbocycles. The van der Waals surface area contributed by atoms with Gasteiger partial charge in [0.05, 0.1) is 24.0 Å². The van der Waals surface area contributed by atoms with Crippen molar-refractivity contribution in [2.24, 2.45) is 23.7 Å². The van der Waals surface area contributed by atoms with Gasteiger partial charge < -0.3 is 14.4 Å². The second kappa shape index (κ2) is 13.2. The first-order valence-electron chi connectivity index (χ1n) is 16.5. The fourth-order valence-electron chi connectivity index (χ4n) is 7.75. The molecule has 5 nitrogen and oxygen atoms in total. The molecule has 224 valence electrons. The Balaban J connectivity index is 1.23. The van der Waals surface area contributed by atoms with E-state index in [-0.39, 0.29) is 5.91 Å². The summed E-state index contributed by atoms with van der Waals surface area (Å²) < 4.78 is 12.2. The van der Waals surface area contributed by atoms with Crippen LogP contribution in [0.4, 0.5) is 5.69 Å². The quantitative estimate of drug-likeness (QED) is 0.243. The average Bonchev–Trinajstić information content (AvgIpc) is 3.54. The minimum Gasteiger partial charge on any atom is -0.493 e. The lowest BCUT2D eigenvalue weighted by molar-refractivity contribution is -0.119. The highest BCUT2D eigenvalue weighted by Gasteiger charge is 2.33. The molecule has 3 heterocycles. The van der Waals surface area contributed by atoms with Crippen LogP contribution in [0.15, 0.2) is 42.6 Å². The van der Waals surface area contributed by atoms with Crippen LogP contribution in [-0.4, -0.2) is 37.8 Å². The molecular formula is C37H48N2O3. The second-order valence-corrected chi connectivity index (χ2v) is 13.1. The highest BCUT2D eigenvalue weighted by molar-refractivity contribution is 5.99. The number of carbonyl (C=O) groups is 1. The molecule has 0 spiro atoms. The zero-order valence-electron chi connectivity index (χ0n) is 25.9. The molecule has 3 aromatic rings. The van der Waals surface area contributed by atoms with Gasteiger partial charge in [-0.15, -0.1) is 0 Å². The molecule has 2 aromatic carbocycles. The van der Waals surface area contributed by atoms with E-state index in [1.807, 2.05) is 18.1 Å². The van der Waals surface area contributed by atoms with Crippen molar-refractivity contribution in [3.8, 4) is 16.9 Å². The largest absolute Gasteiger partial charge is 0.493 e. The topological polar surface area (TPSA) is 51.7 Å². The van der Waals surface area contributed by atoms with Gasteiger partial charge in [-0.1, -0.05) is 51.7 Å². The molecule has 1 saturated carbocycles. The van der Waals surface area contributed by atoms with Gasteiger partial charge in [-0.05, 0) is 109 Å². The Labute approximate surface area is 252 Å². The first-order chi connectivity index (χ1) is 20.5. The first-order valence-corrected chi connectivity index (χ1v) is 16.5. The average molecular weight is 569 g/mol. The molecule has 2 aliphatic heterocycles. The fraction of sp³-hybridized carbons (Fsp3) is 0.568. The van der Waals surface area contributed by atoms with Gasteiger partial charge in [0.15, 0.2) is 0 Å². The molecule has 1 amide bonds. The van der Waals surface area contributed by atoms with E-state index < -0.39 is 0 Å². The van der Waals surface area contributed by atoms with Gasteiger partial charge in [-0.3, -0.25) is 9.78 Å². The summed E-state index contributed by atoms with van der Waals surface area (Å²) in [6, 6.07) is 13.3. The van der Waals surface area contributed by atoms with E-state index in [4.69, 9.17) is 14.5 Å². The van der Waals surface area contributed by atoms with E-state index in [0.717, 1.165) is 86.1 Å². The van der Waals surface area contributed by atoms with Gasteiger partial charge in [-0.2, -0.15) is 0 Å². The number of anilines is 1. The molecule has 0 N–H and O–H groups in total. The van der Waals surface area contributed by atoms with E-state index in [0.29, 0.717) is 18.3 Å². The summed E-state index contributed by atoms with van der Waals surface area (Å²) in [4.78, 5) is 19.8. The second-order valence-electron chi connectivity index (χ2n) is 13.1. The number of amides is 1. The van der Waals surface area contributed by atoms with Crippen molar-refractivity contribution in [1.29, 1.82) is 0 Å². The summed E-state index contributed by atoms with van der Waals surface area (Å²) in [5.74, 6) is 3.65. The number of aromatic nitrogens is 1. The Hall–Kier alpha value is -2.92. The maximum absolute atomic E-state index is 13.2. The summed E-state index contributed by atoms with van der Waals surface area (Å²) in [7, 11) is 1.90. The summed E-state index contributed by atoms with van der Waals surface area (Å²) in [6.07, 6.45) is 14.6. The van der Waals surface area contributed by atoms with Gasteiger partial charge in [0, 0.05) is 32.1 Å². The van der Waals surface area contributed by atoms with Gasteiger partial charge in [0.25, 0.3) is 0 Å². The van der Waals surface area contributed by atoms with E-state index >= 15 is 0 Å². The predicted octanol–water partition coefficient (Wildman–Crippen LogP) is 8.40. The SMILES string of the molecule is CCc1cc(-c2ccc3ncc4c(c3c2)CC(C2CCCOC2)CC(=O)N4C)ccc1OCCCC(C)C1CCCC1. The van der Waals surface area contributed by atoms with Crippen LogP contribution in [0.3, 0.4) is 0 Å². The third kappa shape index (κ3) is 6.22. The Morgan fingerprint density at radius 2 is 1.83 bits per heavy atom. The first kappa shape index (κ1) is 29.2. The Morgan fingerprint density at radius 1 is 1.02 bits per heavy atom. The number of ether oxygens (including phenoxy) is 2. The van der Waals surface area contributed by atoms with Gasteiger partial charge >= 0.3 is 0 Å². The highest BCUT2D eigenvalue weighted by Crippen LogP contribution is 2.39. The van der Waals surface area contributed by atoms with Crippen molar-refractivity contribution in [3.05, 3.63) is 53.7 Å². The molecule has 1 saturated heterocycles. The third-order valence-electron chi connectivity index (χ3n) is 10.5. The molecule has 2 fully saturated rings. The molecule has 1 aromatic heterocycles. The maximum atomic E-state index is 13.2. The van der Waals surface area contributed by atoms with Crippen LogP contribution in [0, 0.1) is 23.7 Å². The highest BCUT2D eigenvalue weighted by atomic mass is 16.5. The zero-order valence-corrected chi connectivity index (χ0v) is 25.9. The number of rotatable bonds is 9. The van der Waals surface area contributed by atoms with Crippen molar-refractivity contribution in [2.45, 2.75) is 84.5 Å². The lowest BCUT2D eigenvalue weighted by Crippen LogP contribution is -2.31. The molecule has 3 unspecified atom stereocenters. The van der Waals surface area contributed by atoms with Crippen LogP contribution in [0.25, 0.3) is 22.0 Å². The van der Waals surface area contributed by atoms with Gasteiger partial charge in [0.2, 0.25) is 5.91 Å². The molecule has 0 radical (unpaired) electrons. The number of hydrogen-bond acceptors (Lipinski definition) is 4. The number of benzene rings is 2.